The Kier molecular flexibility index (Phi) is 6.02. The lowest BCUT2D eigenvalue weighted by Crippen LogP contribution is -1.85. The van der Waals surface area contributed by atoms with Crippen LogP contribution in [0.2, 0.25) is 0 Å². The first-order chi connectivity index (χ1) is 6.45. The molecule has 15 heavy (non-hydrogen) atoms. The van der Waals surface area contributed by atoms with Crippen LogP contribution >= 0.6 is 0 Å². The highest BCUT2D eigenvalue weighted by Gasteiger charge is 1.92. The van der Waals surface area contributed by atoms with Crippen molar-refractivity contribution in [3.63, 3.8) is 0 Å². The summed E-state index contributed by atoms with van der Waals surface area (Å²) in [4.78, 5) is 0. The van der Waals surface area contributed by atoms with Crippen molar-refractivity contribution >= 4 is 0 Å². The third-order valence-electron chi connectivity index (χ3n) is 2.09. The summed E-state index contributed by atoms with van der Waals surface area (Å²) in [5.41, 5.74) is 2.74. The lowest BCUT2D eigenvalue weighted by molar-refractivity contribution is 1.19. The Morgan fingerprint density at radius 3 is 1.20 bits per heavy atom. The SMILES string of the molecule is N.N.c1ccc(Cc2ccccc2)cc1. The number of hydrogen-bond acceptors (Lipinski definition) is 2. The third-order valence-corrected chi connectivity index (χ3v) is 2.09. The monoisotopic (exact) mass is 202 g/mol. The molecule has 0 bridgehead atoms. The third kappa shape index (κ3) is 3.94. The quantitative estimate of drug-likeness (QED) is 0.781. The molecule has 2 nitrogen and oxygen atoms in total. The van der Waals surface area contributed by atoms with E-state index in [1.165, 1.54) is 11.1 Å². The van der Waals surface area contributed by atoms with E-state index in [0.717, 1.165) is 6.42 Å². The van der Waals surface area contributed by atoms with Gasteiger partial charge in [-0.1, -0.05) is 60.7 Å². The van der Waals surface area contributed by atoms with Crippen LogP contribution in [0.3, 0.4) is 0 Å². The minimum atomic E-state index is 0. The van der Waals surface area contributed by atoms with Gasteiger partial charge in [0, 0.05) is 0 Å². The Labute approximate surface area is 91.1 Å². The van der Waals surface area contributed by atoms with Crippen LogP contribution in [0.5, 0.6) is 0 Å². The first kappa shape index (κ1) is 13.4. The van der Waals surface area contributed by atoms with Crippen molar-refractivity contribution in [2.75, 3.05) is 0 Å². The predicted octanol–water partition coefficient (Wildman–Crippen LogP) is 3.60. The minimum Gasteiger partial charge on any atom is -0.344 e. The van der Waals surface area contributed by atoms with E-state index < -0.39 is 0 Å². The molecule has 0 aliphatic rings. The summed E-state index contributed by atoms with van der Waals surface area (Å²) in [6, 6.07) is 21.1. The Bertz CT molecular complexity index is 319. The number of hydrogen-bond donors (Lipinski definition) is 2. The van der Waals surface area contributed by atoms with Crippen LogP contribution in [0.15, 0.2) is 60.7 Å². The van der Waals surface area contributed by atoms with E-state index in [4.69, 9.17) is 0 Å². The van der Waals surface area contributed by atoms with Crippen molar-refractivity contribution in [2.24, 2.45) is 0 Å². The fourth-order valence-corrected chi connectivity index (χ4v) is 1.43. The zero-order valence-corrected chi connectivity index (χ0v) is 8.89. The van der Waals surface area contributed by atoms with E-state index in [0.29, 0.717) is 0 Å². The van der Waals surface area contributed by atoms with E-state index in [2.05, 4.69) is 60.7 Å². The Hall–Kier alpha value is -1.64. The molecule has 0 aliphatic heterocycles. The van der Waals surface area contributed by atoms with E-state index in [1.54, 1.807) is 0 Å². The summed E-state index contributed by atoms with van der Waals surface area (Å²) < 4.78 is 0. The molecular weight excluding hydrogens is 184 g/mol. The normalized spacial score (nSPS) is 8.53. The number of benzene rings is 2. The highest BCUT2D eigenvalue weighted by Crippen LogP contribution is 2.07. The molecule has 0 radical (unpaired) electrons. The fraction of sp³-hybridized carbons (Fsp3) is 0.0769. The topological polar surface area (TPSA) is 70.0 Å². The second-order valence-electron chi connectivity index (χ2n) is 3.15. The van der Waals surface area contributed by atoms with Crippen LogP contribution < -0.4 is 12.3 Å². The molecule has 0 spiro atoms. The summed E-state index contributed by atoms with van der Waals surface area (Å²) in [5, 5.41) is 0. The van der Waals surface area contributed by atoms with Gasteiger partial charge in [0.2, 0.25) is 0 Å². The van der Waals surface area contributed by atoms with Gasteiger partial charge in [-0.05, 0) is 17.5 Å². The van der Waals surface area contributed by atoms with Crippen molar-refractivity contribution < 1.29 is 0 Å². The van der Waals surface area contributed by atoms with E-state index in [1.807, 2.05) is 0 Å². The molecule has 0 saturated carbocycles. The van der Waals surface area contributed by atoms with Crippen LogP contribution in [0, 0.1) is 0 Å². The van der Waals surface area contributed by atoms with Crippen LogP contribution in [-0.4, -0.2) is 0 Å². The van der Waals surface area contributed by atoms with Gasteiger partial charge in [-0.25, -0.2) is 0 Å². The highest BCUT2D eigenvalue weighted by atomic mass is 14.0. The van der Waals surface area contributed by atoms with Crippen LogP contribution in [0.25, 0.3) is 0 Å². The smallest absolute Gasteiger partial charge is 0.00258 e. The molecule has 2 aromatic carbocycles. The van der Waals surface area contributed by atoms with Crippen molar-refractivity contribution in [2.45, 2.75) is 6.42 Å². The fourth-order valence-electron chi connectivity index (χ4n) is 1.43. The van der Waals surface area contributed by atoms with Gasteiger partial charge in [0.05, 0.1) is 0 Å². The van der Waals surface area contributed by atoms with E-state index >= 15 is 0 Å². The zero-order valence-electron chi connectivity index (χ0n) is 8.89. The van der Waals surface area contributed by atoms with Gasteiger partial charge >= 0.3 is 0 Å². The molecule has 0 amide bonds. The molecule has 0 fully saturated rings. The minimum absolute atomic E-state index is 0. The molecule has 2 rings (SSSR count). The summed E-state index contributed by atoms with van der Waals surface area (Å²) in [6.45, 7) is 0. The maximum absolute atomic E-state index is 2.16. The molecule has 0 aromatic heterocycles. The maximum Gasteiger partial charge on any atom is -0.00258 e. The molecule has 6 N–H and O–H groups in total. The van der Waals surface area contributed by atoms with Crippen molar-refractivity contribution in [3.05, 3.63) is 71.8 Å². The zero-order chi connectivity index (χ0) is 8.93. The van der Waals surface area contributed by atoms with Gasteiger partial charge in [0.15, 0.2) is 0 Å². The molecule has 0 heterocycles. The molecule has 80 valence electrons. The largest absolute Gasteiger partial charge is 0.344 e. The van der Waals surface area contributed by atoms with Gasteiger partial charge < -0.3 is 12.3 Å². The van der Waals surface area contributed by atoms with Crippen molar-refractivity contribution in [1.82, 2.24) is 12.3 Å². The average molecular weight is 202 g/mol. The second kappa shape index (κ2) is 6.76. The Morgan fingerprint density at radius 2 is 0.867 bits per heavy atom. The molecule has 0 aliphatic carbocycles. The van der Waals surface area contributed by atoms with E-state index in [9.17, 15) is 0 Å². The Balaban J connectivity index is 0.000000980. The van der Waals surface area contributed by atoms with Crippen LogP contribution in [0.4, 0.5) is 0 Å². The molecule has 0 saturated heterocycles. The van der Waals surface area contributed by atoms with Crippen LogP contribution in [0.1, 0.15) is 11.1 Å². The average Bonchev–Trinajstić information content (AvgIpc) is 2.21. The van der Waals surface area contributed by atoms with Gasteiger partial charge in [-0.3, -0.25) is 0 Å². The predicted molar refractivity (Wildman–Crippen MR) is 65.7 cm³/mol. The molecule has 0 unspecified atom stereocenters. The lowest BCUT2D eigenvalue weighted by atomic mass is 10.1. The molecule has 0 atom stereocenters. The van der Waals surface area contributed by atoms with Crippen molar-refractivity contribution in [3.8, 4) is 0 Å². The summed E-state index contributed by atoms with van der Waals surface area (Å²) in [6.07, 6.45) is 1.03. The van der Waals surface area contributed by atoms with E-state index in [-0.39, 0.29) is 12.3 Å². The van der Waals surface area contributed by atoms with Gasteiger partial charge in [0.1, 0.15) is 0 Å². The molecule has 2 heteroatoms. The maximum atomic E-state index is 2.16. The highest BCUT2D eigenvalue weighted by molar-refractivity contribution is 5.25. The van der Waals surface area contributed by atoms with Gasteiger partial charge in [-0.2, -0.15) is 0 Å². The lowest BCUT2D eigenvalue weighted by Gasteiger charge is -2.00. The summed E-state index contributed by atoms with van der Waals surface area (Å²) >= 11 is 0. The molecule has 2 aromatic rings. The second-order valence-corrected chi connectivity index (χ2v) is 3.15. The van der Waals surface area contributed by atoms with Gasteiger partial charge in [0.25, 0.3) is 0 Å². The summed E-state index contributed by atoms with van der Waals surface area (Å²) in [7, 11) is 0. The van der Waals surface area contributed by atoms with Crippen molar-refractivity contribution in [1.29, 1.82) is 0 Å². The first-order valence-corrected chi connectivity index (χ1v) is 4.53. The first-order valence-electron chi connectivity index (χ1n) is 4.53. The standard InChI is InChI=1S/C13H12.2H3N/c1-3-7-12(8-4-1)11-13-9-5-2-6-10-13;;/h1-10H,11H2;2*1H3. The number of rotatable bonds is 2. The molecular formula is C13H18N2. The van der Waals surface area contributed by atoms with Gasteiger partial charge in [-0.15, -0.1) is 0 Å². The Morgan fingerprint density at radius 1 is 0.533 bits per heavy atom. The van der Waals surface area contributed by atoms with Crippen LogP contribution in [-0.2, 0) is 6.42 Å². The summed E-state index contributed by atoms with van der Waals surface area (Å²) in [5.74, 6) is 0.